The highest BCUT2D eigenvalue weighted by Gasteiger charge is 2.28. The van der Waals surface area contributed by atoms with Crippen molar-refractivity contribution in [2.45, 2.75) is 45.7 Å². The van der Waals surface area contributed by atoms with Gasteiger partial charge in [0.2, 0.25) is 0 Å². The molecule has 0 bridgehead atoms. The van der Waals surface area contributed by atoms with Gasteiger partial charge < -0.3 is 20.2 Å². The smallest absolute Gasteiger partial charge is 0.326 e. The number of carbonyl (C=O) groups excluding carboxylic acids is 1. The van der Waals surface area contributed by atoms with E-state index in [1.54, 1.807) is 4.90 Å². The highest BCUT2D eigenvalue weighted by molar-refractivity contribution is 5.82. The van der Waals surface area contributed by atoms with Gasteiger partial charge in [-0.05, 0) is 39.3 Å². The molecule has 0 radical (unpaired) electrons. The van der Waals surface area contributed by atoms with E-state index < -0.39 is 12.0 Å². The highest BCUT2D eigenvalue weighted by Crippen LogP contribution is 2.11. The summed E-state index contributed by atoms with van der Waals surface area (Å²) in [6.45, 7) is 8.35. The molecule has 0 aliphatic carbocycles. The second-order valence-corrected chi connectivity index (χ2v) is 6.13. The monoisotopic (exact) mass is 285 g/mol. The van der Waals surface area contributed by atoms with Gasteiger partial charge in [0.1, 0.15) is 6.04 Å². The first-order valence-electron chi connectivity index (χ1n) is 7.29. The number of urea groups is 1. The van der Waals surface area contributed by atoms with Crippen molar-refractivity contribution in [3.8, 4) is 0 Å². The number of nitrogens with zero attached hydrogens (tertiary/aromatic N) is 2. The number of likely N-dealkylation sites (N-methyl/N-ethyl adjacent to an activating group) is 1. The lowest BCUT2D eigenvalue weighted by Gasteiger charge is -2.29. The van der Waals surface area contributed by atoms with Crippen LogP contribution in [0.2, 0.25) is 0 Å². The summed E-state index contributed by atoms with van der Waals surface area (Å²) in [6, 6.07) is -0.979. The molecule has 1 rings (SSSR count). The Morgan fingerprint density at radius 1 is 1.35 bits per heavy atom. The maximum atomic E-state index is 12.3. The van der Waals surface area contributed by atoms with E-state index in [2.05, 4.69) is 10.2 Å². The van der Waals surface area contributed by atoms with E-state index in [4.69, 9.17) is 0 Å². The summed E-state index contributed by atoms with van der Waals surface area (Å²) in [5, 5.41) is 11.9. The Hall–Kier alpha value is -1.30. The molecule has 1 fully saturated rings. The van der Waals surface area contributed by atoms with Gasteiger partial charge in [-0.1, -0.05) is 13.8 Å². The fourth-order valence-electron chi connectivity index (χ4n) is 2.60. The van der Waals surface area contributed by atoms with Gasteiger partial charge in [0.25, 0.3) is 0 Å². The van der Waals surface area contributed by atoms with Crippen molar-refractivity contribution < 1.29 is 14.7 Å². The Morgan fingerprint density at radius 2 is 2.00 bits per heavy atom. The van der Waals surface area contributed by atoms with Gasteiger partial charge in [-0.15, -0.1) is 0 Å². The van der Waals surface area contributed by atoms with Crippen LogP contribution in [-0.4, -0.2) is 65.7 Å². The van der Waals surface area contributed by atoms with E-state index in [-0.39, 0.29) is 18.0 Å². The summed E-state index contributed by atoms with van der Waals surface area (Å²) in [5.74, 6) is -0.740. The van der Waals surface area contributed by atoms with E-state index in [0.29, 0.717) is 13.0 Å². The predicted molar refractivity (Wildman–Crippen MR) is 77.7 cm³/mol. The summed E-state index contributed by atoms with van der Waals surface area (Å²) in [4.78, 5) is 27.5. The zero-order valence-corrected chi connectivity index (χ0v) is 12.9. The Kier molecular flexibility index (Phi) is 6.26. The molecule has 1 aliphatic rings. The number of hydrogen-bond donors (Lipinski definition) is 2. The third kappa shape index (κ3) is 5.00. The Morgan fingerprint density at radius 3 is 2.55 bits per heavy atom. The average Bonchev–Trinajstić information content (AvgIpc) is 2.48. The van der Waals surface area contributed by atoms with Gasteiger partial charge in [0.05, 0.1) is 0 Å². The number of nitrogens with one attached hydrogen (secondary N) is 1. The molecule has 0 aromatic heterocycles. The SMILES string of the molecule is CC(C)C[C@H](NC(=O)N1CCCN(C)CC1C)C(=O)O. The number of amides is 2. The van der Waals surface area contributed by atoms with Crippen LogP contribution in [-0.2, 0) is 4.79 Å². The normalized spacial score (nSPS) is 22.4. The van der Waals surface area contributed by atoms with Crippen LogP contribution in [0, 0.1) is 5.92 Å². The average molecular weight is 285 g/mol. The maximum Gasteiger partial charge on any atom is 0.326 e. The third-order valence-corrected chi connectivity index (χ3v) is 3.61. The molecule has 0 aromatic rings. The van der Waals surface area contributed by atoms with E-state index >= 15 is 0 Å². The topological polar surface area (TPSA) is 72.9 Å². The molecule has 20 heavy (non-hydrogen) atoms. The quantitative estimate of drug-likeness (QED) is 0.814. The van der Waals surface area contributed by atoms with Crippen LogP contribution < -0.4 is 5.32 Å². The number of carbonyl (C=O) groups is 2. The number of carboxylic acids is 1. The predicted octanol–water partition coefficient (Wildman–Crippen LogP) is 1.22. The van der Waals surface area contributed by atoms with Crippen molar-refractivity contribution >= 4 is 12.0 Å². The molecule has 1 heterocycles. The van der Waals surface area contributed by atoms with Gasteiger partial charge in [-0.25, -0.2) is 9.59 Å². The molecule has 2 amide bonds. The largest absolute Gasteiger partial charge is 0.480 e. The molecule has 2 atom stereocenters. The minimum atomic E-state index is -0.966. The van der Waals surface area contributed by atoms with Crippen molar-refractivity contribution in [2.24, 2.45) is 5.92 Å². The van der Waals surface area contributed by atoms with Gasteiger partial charge in [-0.2, -0.15) is 0 Å². The summed E-state index contributed by atoms with van der Waals surface area (Å²) < 4.78 is 0. The van der Waals surface area contributed by atoms with Crippen LogP contribution in [0.3, 0.4) is 0 Å². The second-order valence-electron chi connectivity index (χ2n) is 6.13. The Bertz CT molecular complexity index is 347. The third-order valence-electron chi connectivity index (χ3n) is 3.61. The summed E-state index contributed by atoms with van der Waals surface area (Å²) in [6.07, 6.45) is 1.36. The van der Waals surface area contributed by atoms with Gasteiger partial charge in [0.15, 0.2) is 0 Å². The van der Waals surface area contributed by atoms with Crippen molar-refractivity contribution in [1.82, 2.24) is 15.1 Å². The number of hydrogen-bond acceptors (Lipinski definition) is 3. The van der Waals surface area contributed by atoms with Crippen LogP contribution >= 0.6 is 0 Å². The maximum absolute atomic E-state index is 12.3. The van der Waals surface area contributed by atoms with Crippen LogP contribution in [0.15, 0.2) is 0 Å². The number of carboxylic acid groups (broad SMARTS) is 1. The van der Waals surface area contributed by atoms with Crippen molar-refractivity contribution in [2.75, 3.05) is 26.7 Å². The minimum absolute atomic E-state index is 0.0935. The van der Waals surface area contributed by atoms with Gasteiger partial charge in [0, 0.05) is 19.1 Å². The zero-order valence-electron chi connectivity index (χ0n) is 12.9. The molecule has 1 unspecified atom stereocenters. The van der Waals surface area contributed by atoms with Crippen molar-refractivity contribution in [3.63, 3.8) is 0 Å². The van der Waals surface area contributed by atoms with Crippen molar-refractivity contribution in [3.05, 3.63) is 0 Å². The molecule has 1 saturated heterocycles. The molecule has 2 N–H and O–H groups in total. The van der Waals surface area contributed by atoms with Gasteiger partial charge >= 0.3 is 12.0 Å². The van der Waals surface area contributed by atoms with Crippen molar-refractivity contribution in [1.29, 1.82) is 0 Å². The van der Waals surface area contributed by atoms with Crippen LogP contribution in [0.5, 0.6) is 0 Å². The minimum Gasteiger partial charge on any atom is -0.480 e. The fourth-order valence-corrected chi connectivity index (χ4v) is 2.60. The second kappa shape index (κ2) is 7.47. The molecule has 6 nitrogen and oxygen atoms in total. The molecule has 116 valence electrons. The fraction of sp³-hybridized carbons (Fsp3) is 0.857. The van der Waals surface area contributed by atoms with E-state index in [9.17, 15) is 14.7 Å². The first kappa shape index (κ1) is 16.8. The summed E-state index contributed by atoms with van der Waals surface area (Å²) in [5.41, 5.74) is 0. The molecule has 0 aromatic carbocycles. The van der Waals surface area contributed by atoms with E-state index in [1.807, 2.05) is 27.8 Å². The molecular weight excluding hydrogens is 258 g/mol. The van der Waals surface area contributed by atoms with Crippen LogP contribution in [0.25, 0.3) is 0 Å². The summed E-state index contributed by atoms with van der Waals surface area (Å²) in [7, 11) is 2.04. The molecular formula is C14H27N3O3. The lowest BCUT2D eigenvalue weighted by Crippen LogP contribution is -2.52. The molecule has 1 aliphatic heterocycles. The van der Waals surface area contributed by atoms with Crippen LogP contribution in [0.4, 0.5) is 4.79 Å². The van der Waals surface area contributed by atoms with Gasteiger partial charge in [-0.3, -0.25) is 0 Å². The lowest BCUT2D eigenvalue weighted by atomic mass is 10.0. The summed E-state index contributed by atoms with van der Waals surface area (Å²) >= 11 is 0. The standard InChI is InChI=1S/C14H27N3O3/c1-10(2)8-12(13(18)19)15-14(20)17-7-5-6-16(4)9-11(17)3/h10-12H,5-9H2,1-4H3,(H,15,20)(H,18,19)/t11?,12-/m0/s1. The molecule has 6 heteroatoms. The molecule has 0 saturated carbocycles. The highest BCUT2D eigenvalue weighted by atomic mass is 16.4. The zero-order chi connectivity index (χ0) is 15.3. The first-order valence-corrected chi connectivity index (χ1v) is 7.29. The first-order chi connectivity index (χ1) is 9.31. The lowest BCUT2D eigenvalue weighted by molar-refractivity contribution is -0.139. The van der Waals surface area contributed by atoms with Crippen LogP contribution in [0.1, 0.15) is 33.6 Å². The van der Waals surface area contributed by atoms with E-state index in [1.165, 1.54) is 0 Å². The Labute approximate surface area is 121 Å². The molecule has 0 spiro atoms. The Balaban J connectivity index is 2.65. The number of aliphatic carboxylic acids is 1. The number of rotatable bonds is 4. The van der Waals surface area contributed by atoms with E-state index in [0.717, 1.165) is 19.5 Å².